The third kappa shape index (κ3) is 3.30. The monoisotopic (exact) mass is 244 g/mol. The predicted octanol–water partition coefficient (Wildman–Crippen LogP) is 0.744. The maximum Gasteiger partial charge on any atom is 0.142 e. The van der Waals surface area contributed by atoms with Crippen molar-refractivity contribution in [2.75, 3.05) is 25.1 Å². The standard InChI is InChI=1S/C8H13BrN4/c1-11-4-5-13(10)8-3-2-7(9)6-12-8/h2-3,6,11H,4-5,10H2,1H3. The number of hydrogen-bond acceptors (Lipinski definition) is 4. The lowest BCUT2D eigenvalue weighted by atomic mass is 10.4. The Morgan fingerprint density at radius 3 is 2.92 bits per heavy atom. The highest BCUT2D eigenvalue weighted by Gasteiger charge is 2.00. The van der Waals surface area contributed by atoms with Gasteiger partial charge in [-0.2, -0.15) is 0 Å². The summed E-state index contributed by atoms with van der Waals surface area (Å²) in [6.07, 6.45) is 1.73. The zero-order valence-electron chi connectivity index (χ0n) is 7.50. The van der Waals surface area contributed by atoms with Gasteiger partial charge in [0.05, 0.1) is 0 Å². The van der Waals surface area contributed by atoms with Crippen LogP contribution in [0.15, 0.2) is 22.8 Å². The van der Waals surface area contributed by atoms with Gasteiger partial charge in [-0.3, -0.25) is 5.01 Å². The number of anilines is 1. The molecular weight excluding hydrogens is 232 g/mol. The van der Waals surface area contributed by atoms with Gasteiger partial charge in [0.2, 0.25) is 0 Å². The van der Waals surface area contributed by atoms with Crippen LogP contribution in [0.1, 0.15) is 0 Å². The van der Waals surface area contributed by atoms with Crippen molar-refractivity contribution in [3.05, 3.63) is 22.8 Å². The summed E-state index contributed by atoms with van der Waals surface area (Å²) in [5.74, 6) is 6.52. The molecule has 1 heterocycles. The summed E-state index contributed by atoms with van der Waals surface area (Å²) in [5, 5.41) is 4.64. The van der Waals surface area contributed by atoms with Gasteiger partial charge in [0, 0.05) is 23.8 Å². The SMILES string of the molecule is CNCCN(N)c1ccc(Br)cn1. The highest BCUT2D eigenvalue weighted by Crippen LogP contribution is 2.11. The smallest absolute Gasteiger partial charge is 0.142 e. The fourth-order valence-corrected chi connectivity index (χ4v) is 1.12. The average molecular weight is 245 g/mol. The van der Waals surface area contributed by atoms with Gasteiger partial charge < -0.3 is 5.32 Å². The van der Waals surface area contributed by atoms with Crippen molar-refractivity contribution in [2.24, 2.45) is 5.84 Å². The molecule has 72 valence electrons. The number of aromatic nitrogens is 1. The molecule has 0 aliphatic heterocycles. The molecule has 0 atom stereocenters. The Hall–Kier alpha value is -0.650. The van der Waals surface area contributed by atoms with E-state index in [0.29, 0.717) is 0 Å². The van der Waals surface area contributed by atoms with Gasteiger partial charge in [-0.1, -0.05) is 0 Å². The van der Waals surface area contributed by atoms with Crippen molar-refractivity contribution >= 4 is 21.7 Å². The number of hydrazine groups is 1. The molecule has 0 aliphatic rings. The van der Waals surface area contributed by atoms with Crippen molar-refractivity contribution in [1.29, 1.82) is 0 Å². The van der Waals surface area contributed by atoms with Gasteiger partial charge in [-0.15, -0.1) is 0 Å². The van der Waals surface area contributed by atoms with Crippen LogP contribution < -0.4 is 16.2 Å². The summed E-state index contributed by atoms with van der Waals surface area (Å²) < 4.78 is 0.957. The van der Waals surface area contributed by atoms with E-state index in [2.05, 4.69) is 26.2 Å². The molecule has 0 spiro atoms. The summed E-state index contributed by atoms with van der Waals surface area (Å²) in [6, 6.07) is 3.79. The first-order chi connectivity index (χ1) is 6.24. The van der Waals surface area contributed by atoms with Crippen LogP contribution in [0.3, 0.4) is 0 Å². The van der Waals surface area contributed by atoms with E-state index in [4.69, 9.17) is 5.84 Å². The minimum atomic E-state index is 0.741. The van der Waals surface area contributed by atoms with E-state index in [1.54, 1.807) is 11.2 Å². The Bertz CT molecular complexity index is 249. The lowest BCUT2D eigenvalue weighted by Gasteiger charge is -2.16. The lowest BCUT2D eigenvalue weighted by molar-refractivity contribution is 0.735. The second kappa shape index (κ2) is 5.16. The molecule has 13 heavy (non-hydrogen) atoms. The van der Waals surface area contributed by atoms with E-state index < -0.39 is 0 Å². The third-order valence-corrected chi connectivity index (χ3v) is 2.08. The maximum absolute atomic E-state index is 5.75. The Morgan fingerprint density at radius 1 is 1.62 bits per heavy atom. The number of nitrogens with two attached hydrogens (primary N) is 1. The number of pyridine rings is 1. The molecule has 1 aromatic rings. The second-order valence-corrected chi connectivity index (χ2v) is 3.55. The average Bonchev–Trinajstić information content (AvgIpc) is 2.15. The number of nitrogens with zero attached hydrogens (tertiary/aromatic N) is 2. The van der Waals surface area contributed by atoms with Crippen LogP contribution in [0, 0.1) is 0 Å². The van der Waals surface area contributed by atoms with Crippen molar-refractivity contribution in [3.63, 3.8) is 0 Å². The topological polar surface area (TPSA) is 54.2 Å². The minimum absolute atomic E-state index is 0.741. The van der Waals surface area contributed by atoms with E-state index in [-0.39, 0.29) is 0 Å². The molecule has 0 saturated heterocycles. The first-order valence-electron chi connectivity index (χ1n) is 4.02. The van der Waals surface area contributed by atoms with E-state index in [0.717, 1.165) is 23.4 Å². The molecule has 0 aliphatic carbocycles. The maximum atomic E-state index is 5.75. The summed E-state index contributed by atoms with van der Waals surface area (Å²) in [7, 11) is 1.89. The Balaban J connectivity index is 2.55. The molecule has 0 bridgehead atoms. The Kier molecular flexibility index (Phi) is 4.14. The van der Waals surface area contributed by atoms with Crippen molar-refractivity contribution in [1.82, 2.24) is 10.3 Å². The molecule has 0 saturated carbocycles. The predicted molar refractivity (Wildman–Crippen MR) is 57.4 cm³/mol. The highest BCUT2D eigenvalue weighted by molar-refractivity contribution is 9.10. The molecule has 1 aromatic heterocycles. The van der Waals surface area contributed by atoms with Crippen LogP contribution in [-0.4, -0.2) is 25.1 Å². The summed E-state index contributed by atoms with van der Waals surface area (Å²) in [6.45, 7) is 1.58. The summed E-state index contributed by atoms with van der Waals surface area (Å²) in [5.41, 5.74) is 0. The quantitative estimate of drug-likeness (QED) is 0.607. The minimum Gasteiger partial charge on any atom is -0.318 e. The second-order valence-electron chi connectivity index (χ2n) is 2.63. The number of likely N-dealkylation sites (N-methyl/N-ethyl adjacent to an activating group) is 1. The summed E-state index contributed by atoms with van der Waals surface area (Å²) >= 11 is 3.31. The van der Waals surface area contributed by atoms with Crippen molar-refractivity contribution in [3.8, 4) is 0 Å². The van der Waals surface area contributed by atoms with Crippen molar-refractivity contribution < 1.29 is 0 Å². The number of halogens is 1. The highest BCUT2D eigenvalue weighted by atomic mass is 79.9. The molecule has 0 radical (unpaired) electrons. The fourth-order valence-electron chi connectivity index (χ4n) is 0.885. The molecular formula is C8H13BrN4. The van der Waals surface area contributed by atoms with Gasteiger partial charge >= 0.3 is 0 Å². The van der Waals surface area contributed by atoms with Gasteiger partial charge in [0.25, 0.3) is 0 Å². The van der Waals surface area contributed by atoms with Crippen LogP contribution in [0.2, 0.25) is 0 Å². The normalized spacial score (nSPS) is 10.1. The van der Waals surface area contributed by atoms with Crippen LogP contribution in [0.25, 0.3) is 0 Å². The van der Waals surface area contributed by atoms with E-state index in [9.17, 15) is 0 Å². The van der Waals surface area contributed by atoms with Gasteiger partial charge in [0.1, 0.15) is 5.82 Å². The van der Waals surface area contributed by atoms with Gasteiger partial charge in [0.15, 0.2) is 0 Å². The van der Waals surface area contributed by atoms with Crippen LogP contribution in [0.4, 0.5) is 5.82 Å². The number of nitrogens with one attached hydrogen (secondary N) is 1. The number of hydrogen-bond donors (Lipinski definition) is 2. The Morgan fingerprint density at radius 2 is 2.38 bits per heavy atom. The number of rotatable bonds is 4. The first-order valence-corrected chi connectivity index (χ1v) is 4.81. The molecule has 3 N–H and O–H groups in total. The van der Waals surface area contributed by atoms with E-state index in [1.807, 2.05) is 19.2 Å². The fraction of sp³-hybridized carbons (Fsp3) is 0.375. The summed E-state index contributed by atoms with van der Waals surface area (Å²) in [4.78, 5) is 4.16. The van der Waals surface area contributed by atoms with E-state index in [1.165, 1.54) is 0 Å². The van der Waals surface area contributed by atoms with Crippen LogP contribution in [0.5, 0.6) is 0 Å². The van der Waals surface area contributed by atoms with Crippen molar-refractivity contribution in [2.45, 2.75) is 0 Å². The zero-order valence-corrected chi connectivity index (χ0v) is 9.08. The molecule has 5 heteroatoms. The van der Waals surface area contributed by atoms with E-state index >= 15 is 0 Å². The third-order valence-electron chi connectivity index (χ3n) is 1.61. The van der Waals surface area contributed by atoms with Gasteiger partial charge in [-0.05, 0) is 35.1 Å². The molecule has 4 nitrogen and oxygen atoms in total. The lowest BCUT2D eigenvalue weighted by Crippen LogP contribution is -2.37. The molecule has 0 unspecified atom stereocenters. The molecule has 0 aromatic carbocycles. The first kappa shape index (κ1) is 10.4. The molecule has 0 fully saturated rings. The largest absolute Gasteiger partial charge is 0.318 e. The molecule has 0 amide bonds. The Labute approximate surface area is 86.2 Å². The van der Waals surface area contributed by atoms with Crippen LogP contribution >= 0.6 is 15.9 Å². The van der Waals surface area contributed by atoms with Crippen LogP contribution in [-0.2, 0) is 0 Å². The van der Waals surface area contributed by atoms with Gasteiger partial charge in [-0.25, -0.2) is 10.8 Å². The zero-order chi connectivity index (χ0) is 9.68. The molecule has 1 rings (SSSR count).